The number of sulfonamides is 1. The van der Waals surface area contributed by atoms with Crippen molar-refractivity contribution in [1.82, 2.24) is 4.98 Å². The highest BCUT2D eigenvalue weighted by Gasteiger charge is 2.20. The third-order valence-electron chi connectivity index (χ3n) is 2.65. The number of aryl methyl sites for hydroxylation is 2. The van der Waals surface area contributed by atoms with Crippen LogP contribution in [0, 0.1) is 13.8 Å². The van der Waals surface area contributed by atoms with Crippen LogP contribution in [0.1, 0.15) is 16.3 Å². The number of aromatic nitrogens is 1. The Morgan fingerprint density at radius 1 is 1.32 bits per heavy atom. The number of nitrogens with two attached hydrogens (primary N) is 1. The predicted molar refractivity (Wildman–Crippen MR) is 76.7 cm³/mol. The Morgan fingerprint density at radius 3 is 2.68 bits per heavy atom. The Hall–Kier alpha value is -1.44. The second-order valence-corrected chi connectivity index (χ2v) is 6.75. The quantitative estimate of drug-likeness (QED) is 0.904. The van der Waals surface area contributed by atoms with E-state index in [1.54, 1.807) is 30.5 Å². The molecule has 2 rings (SSSR count). The molecule has 3 N–H and O–H groups in total. The summed E-state index contributed by atoms with van der Waals surface area (Å²) in [4.78, 5) is 5.11. The Morgan fingerprint density at radius 2 is 2.05 bits per heavy atom. The van der Waals surface area contributed by atoms with Crippen molar-refractivity contribution in [3.63, 3.8) is 0 Å². The highest BCUT2D eigenvalue weighted by Crippen LogP contribution is 2.24. The number of nitrogens with zero attached hydrogens (tertiary/aromatic N) is 1. The highest BCUT2D eigenvalue weighted by molar-refractivity contribution is 7.93. The number of anilines is 1. The van der Waals surface area contributed by atoms with E-state index in [0.29, 0.717) is 16.3 Å². The Labute approximate surface area is 116 Å². The Kier molecular flexibility index (Phi) is 3.88. The molecule has 0 saturated heterocycles. The number of nitrogens with one attached hydrogen (secondary N) is 1. The zero-order chi connectivity index (χ0) is 14.0. The second kappa shape index (κ2) is 5.28. The zero-order valence-corrected chi connectivity index (χ0v) is 12.3. The fourth-order valence-corrected chi connectivity index (χ4v) is 4.17. The average molecular weight is 297 g/mol. The van der Waals surface area contributed by atoms with Gasteiger partial charge in [0.2, 0.25) is 0 Å². The molecule has 0 saturated carbocycles. The fraction of sp³-hybridized carbons (Fsp3) is 0.250. The van der Waals surface area contributed by atoms with Crippen molar-refractivity contribution in [3.8, 4) is 0 Å². The van der Waals surface area contributed by atoms with Crippen molar-refractivity contribution in [1.29, 1.82) is 0 Å². The minimum Gasteiger partial charge on any atom is -0.326 e. The number of thiophene rings is 1. The summed E-state index contributed by atoms with van der Waals surface area (Å²) in [5.41, 5.74) is 7.52. The lowest BCUT2D eigenvalue weighted by molar-refractivity contribution is 0.600. The molecule has 0 aliphatic rings. The molecule has 0 atom stereocenters. The van der Waals surface area contributed by atoms with Gasteiger partial charge in [-0.25, -0.2) is 8.42 Å². The van der Waals surface area contributed by atoms with Crippen molar-refractivity contribution >= 4 is 27.0 Å². The molecule has 2 heterocycles. The van der Waals surface area contributed by atoms with Gasteiger partial charge in [-0.15, -0.1) is 11.3 Å². The lowest BCUT2D eigenvalue weighted by Gasteiger charge is -2.10. The van der Waals surface area contributed by atoms with Gasteiger partial charge in [-0.3, -0.25) is 9.71 Å². The summed E-state index contributed by atoms with van der Waals surface area (Å²) in [7, 11) is -3.61. The van der Waals surface area contributed by atoms with Crippen molar-refractivity contribution in [3.05, 3.63) is 39.8 Å². The van der Waals surface area contributed by atoms with Gasteiger partial charge in [0, 0.05) is 17.1 Å². The monoisotopic (exact) mass is 297 g/mol. The first-order chi connectivity index (χ1) is 8.94. The Bertz CT molecular complexity index is 693. The maximum Gasteiger partial charge on any atom is 0.263 e. The molecule has 0 amide bonds. The summed E-state index contributed by atoms with van der Waals surface area (Å²) < 4.78 is 27.1. The molecule has 0 aromatic carbocycles. The molecule has 0 spiro atoms. The summed E-state index contributed by atoms with van der Waals surface area (Å²) in [6, 6.07) is 5.04. The highest BCUT2D eigenvalue weighted by atomic mass is 32.2. The van der Waals surface area contributed by atoms with Crippen molar-refractivity contribution in [2.24, 2.45) is 5.73 Å². The molecule has 5 nitrogen and oxygen atoms in total. The molecular formula is C12H15N3O2S2. The molecule has 2 aromatic rings. The molecule has 2 aromatic heterocycles. The largest absolute Gasteiger partial charge is 0.326 e. The van der Waals surface area contributed by atoms with E-state index in [1.165, 1.54) is 11.3 Å². The van der Waals surface area contributed by atoms with Crippen LogP contribution >= 0.6 is 11.3 Å². The number of hydrogen-bond acceptors (Lipinski definition) is 5. The van der Waals surface area contributed by atoms with Gasteiger partial charge >= 0.3 is 0 Å². The van der Waals surface area contributed by atoms with E-state index in [1.807, 2.05) is 6.92 Å². The summed E-state index contributed by atoms with van der Waals surface area (Å²) in [5, 5.41) is 1.72. The summed E-state index contributed by atoms with van der Waals surface area (Å²) in [6.07, 6.45) is 0. The lowest BCUT2D eigenvalue weighted by Crippen LogP contribution is -2.15. The molecule has 0 bridgehead atoms. The van der Waals surface area contributed by atoms with Crippen LogP contribution in [0.4, 0.5) is 5.69 Å². The molecule has 0 fully saturated rings. The van der Waals surface area contributed by atoms with Gasteiger partial charge in [-0.2, -0.15) is 0 Å². The maximum absolute atomic E-state index is 12.3. The van der Waals surface area contributed by atoms with Crippen LogP contribution < -0.4 is 10.5 Å². The van der Waals surface area contributed by atoms with Crippen LogP contribution in [0.2, 0.25) is 0 Å². The van der Waals surface area contributed by atoms with Crippen molar-refractivity contribution in [2.45, 2.75) is 25.3 Å². The van der Waals surface area contributed by atoms with Crippen molar-refractivity contribution < 1.29 is 8.42 Å². The van der Waals surface area contributed by atoms with E-state index in [0.717, 1.165) is 5.69 Å². The number of rotatable bonds is 4. The SMILES string of the molecule is Cc1ccc(NS(=O)(=O)c2ccsc2CN)c(C)n1. The van der Waals surface area contributed by atoms with E-state index in [2.05, 4.69) is 9.71 Å². The first-order valence-corrected chi connectivity index (χ1v) is 8.04. The van der Waals surface area contributed by atoms with Crippen LogP contribution in [0.25, 0.3) is 0 Å². The van der Waals surface area contributed by atoms with Crippen LogP contribution in [0.3, 0.4) is 0 Å². The molecule has 0 aliphatic heterocycles. The summed E-state index contributed by atoms with van der Waals surface area (Å²) >= 11 is 1.33. The lowest BCUT2D eigenvalue weighted by atomic mass is 10.3. The molecule has 7 heteroatoms. The standard InChI is InChI=1S/C12H15N3O2S2/c1-8-3-4-10(9(2)14-8)15-19(16,17)12-5-6-18-11(12)7-13/h3-6,15H,7,13H2,1-2H3. The topological polar surface area (TPSA) is 85.1 Å². The molecular weight excluding hydrogens is 282 g/mol. The van der Waals surface area contributed by atoms with Crippen LogP contribution in [0.5, 0.6) is 0 Å². The molecule has 19 heavy (non-hydrogen) atoms. The van der Waals surface area contributed by atoms with E-state index in [4.69, 9.17) is 5.73 Å². The minimum absolute atomic E-state index is 0.207. The van der Waals surface area contributed by atoms with Gasteiger partial charge in [0.05, 0.1) is 11.4 Å². The van der Waals surface area contributed by atoms with Crippen molar-refractivity contribution in [2.75, 3.05) is 4.72 Å². The Balaban J connectivity index is 2.37. The van der Waals surface area contributed by atoms with Gasteiger partial charge in [-0.05, 0) is 37.4 Å². The third kappa shape index (κ3) is 2.94. The number of pyridine rings is 1. The first-order valence-electron chi connectivity index (χ1n) is 5.67. The molecule has 0 unspecified atom stereocenters. The van der Waals surface area contributed by atoms with Gasteiger partial charge in [0.1, 0.15) is 4.90 Å². The fourth-order valence-electron chi connectivity index (χ4n) is 1.71. The minimum atomic E-state index is -3.61. The zero-order valence-electron chi connectivity index (χ0n) is 10.7. The van der Waals surface area contributed by atoms with Crippen LogP contribution in [0.15, 0.2) is 28.5 Å². The average Bonchev–Trinajstić information content (AvgIpc) is 2.82. The first kappa shape index (κ1) is 14.0. The smallest absolute Gasteiger partial charge is 0.263 e. The summed E-state index contributed by atoms with van der Waals surface area (Å²) in [5.74, 6) is 0. The molecule has 0 radical (unpaired) electrons. The predicted octanol–water partition coefficient (Wildman–Crippen LogP) is 2.02. The van der Waals surface area contributed by atoms with Gasteiger partial charge in [-0.1, -0.05) is 0 Å². The van der Waals surface area contributed by atoms with E-state index >= 15 is 0 Å². The van der Waals surface area contributed by atoms with Gasteiger partial charge in [0.25, 0.3) is 10.0 Å². The normalized spacial score (nSPS) is 11.5. The van der Waals surface area contributed by atoms with E-state index < -0.39 is 10.0 Å². The van der Waals surface area contributed by atoms with Crippen LogP contribution in [-0.2, 0) is 16.6 Å². The maximum atomic E-state index is 12.3. The molecule has 102 valence electrons. The van der Waals surface area contributed by atoms with Crippen LogP contribution in [-0.4, -0.2) is 13.4 Å². The third-order valence-corrected chi connectivity index (χ3v) is 5.17. The van der Waals surface area contributed by atoms with Gasteiger partial charge < -0.3 is 5.73 Å². The number of hydrogen-bond donors (Lipinski definition) is 2. The second-order valence-electron chi connectivity index (χ2n) is 4.10. The van der Waals surface area contributed by atoms with E-state index in [-0.39, 0.29) is 11.4 Å². The summed E-state index contributed by atoms with van der Waals surface area (Å²) in [6.45, 7) is 3.83. The van der Waals surface area contributed by atoms with E-state index in [9.17, 15) is 8.42 Å². The molecule has 0 aliphatic carbocycles. The van der Waals surface area contributed by atoms with Gasteiger partial charge in [0.15, 0.2) is 0 Å².